The number of ether oxygens (including phenoxy) is 1. The molecule has 1 aromatic carbocycles. The van der Waals surface area contributed by atoms with Crippen LogP contribution < -0.4 is 0 Å². The molecule has 1 aromatic rings. The maximum Gasteiger partial charge on any atom is 0.375 e. The van der Waals surface area contributed by atoms with Gasteiger partial charge in [0.2, 0.25) is 0 Å². The largest absolute Gasteiger partial charge is 0.475 e. The topological polar surface area (TPSA) is 90.8 Å². The number of allylic oxidation sites excluding steroid dienone is 2. The minimum atomic E-state index is -1.11. The normalized spacial score (nSPS) is 16.7. The fourth-order valence-electron chi connectivity index (χ4n) is 2.39. The molecule has 0 saturated heterocycles. The lowest BCUT2D eigenvalue weighted by Crippen LogP contribution is -2.12. The first-order chi connectivity index (χ1) is 10.1. The second kappa shape index (κ2) is 5.01. The quantitative estimate of drug-likeness (QED) is 0.830. The Labute approximate surface area is 121 Å². The summed E-state index contributed by atoms with van der Waals surface area (Å²) in [5.41, 5.74) is 2.58. The third-order valence-electron chi connectivity index (χ3n) is 3.56. The van der Waals surface area contributed by atoms with Gasteiger partial charge in [0, 0.05) is 17.5 Å². The van der Waals surface area contributed by atoms with Gasteiger partial charge in [-0.2, -0.15) is 0 Å². The van der Waals surface area contributed by atoms with E-state index >= 15 is 0 Å². The van der Waals surface area contributed by atoms with Gasteiger partial charge in [-0.3, -0.25) is 4.79 Å². The number of carbonyl (C=O) groups is 2. The Morgan fingerprint density at radius 2 is 2.14 bits per heavy atom. The van der Waals surface area contributed by atoms with E-state index in [2.05, 4.69) is 0 Å². The molecule has 2 N–H and O–H groups in total. The van der Waals surface area contributed by atoms with Crippen LogP contribution in [0.2, 0.25) is 0 Å². The van der Waals surface area contributed by atoms with Gasteiger partial charge in [-0.05, 0) is 36.6 Å². The Morgan fingerprint density at radius 1 is 1.33 bits per heavy atom. The lowest BCUT2D eigenvalue weighted by Gasteiger charge is -2.15. The first-order valence-corrected chi connectivity index (χ1v) is 6.65. The molecule has 0 aromatic heterocycles. The van der Waals surface area contributed by atoms with Gasteiger partial charge in [-0.25, -0.2) is 4.79 Å². The lowest BCUT2D eigenvalue weighted by molar-refractivity contribution is -0.133. The minimum Gasteiger partial charge on any atom is -0.475 e. The van der Waals surface area contributed by atoms with E-state index in [1.807, 2.05) is 12.1 Å². The Bertz CT molecular complexity index is 728. The molecule has 0 saturated carbocycles. The van der Waals surface area contributed by atoms with E-state index in [9.17, 15) is 9.59 Å². The first-order valence-electron chi connectivity index (χ1n) is 6.65. The molecule has 1 aliphatic heterocycles. The lowest BCUT2D eigenvalue weighted by atomic mass is 9.88. The Kier molecular flexibility index (Phi) is 3.17. The molecule has 0 atom stereocenters. The van der Waals surface area contributed by atoms with Crippen molar-refractivity contribution in [2.45, 2.75) is 19.3 Å². The fraction of sp³-hybridized carbons (Fsp3) is 0.188. The number of Topliss-reactive ketones (excluding diaryl/α,β-unsaturated/α-hetero) is 1. The van der Waals surface area contributed by atoms with Gasteiger partial charge in [-0.1, -0.05) is 12.1 Å². The number of carboxylic acids is 1. The summed E-state index contributed by atoms with van der Waals surface area (Å²) >= 11 is 0. The zero-order valence-corrected chi connectivity index (χ0v) is 11.2. The summed E-state index contributed by atoms with van der Waals surface area (Å²) in [6.45, 7) is 0. The van der Waals surface area contributed by atoms with Crippen LogP contribution in [0.4, 0.5) is 0 Å². The van der Waals surface area contributed by atoms with E-state index in [0.717, 1.165) is 18.4 Å². The summed E-state index contributed by atoms with van der Waals surface area (Å²) < 4.78 is 4.77. The predicted molar refractivity (Wildman–Crippen MR) is 75.4 cm³/mol. The van der Waals surface area contributed by atoms with E-state index in [1.165, 1.54) is 12.2 Å². The van der Waals surface area contributed by atoms with E-state index in [1.54, 1.807) is 6.07 Å². The second-order valence-electron chi connectivity index (χ2n) is 5.00. The van der Waals surface area contributed by atoms with Gasteiger partial charge in [-0.15, -0.1) is 0 Å². The zero-order chi connectivity index (χ0) is 15.0. The third kappa shape index (κ3) is 2.63. The summed E-state index contributed by atoms with van der Waals surface area (Å²) in [5.74, 6) is -0.808. The van der Waals surface area contributed by atoms with Crippen molar-refractivity contribution in [1.29, 1.82) is 5.41 Å². The van der Waals surface area contributed by atoms with Gasteiger partial charge >= 0.3 is 5.97 Å². The molecule has 0 spiro atoms. The average molecular weight is 283 g/mol. The van der Waals surface area contributed by atoms with Crippen LogP contribution >= 0.6 is 0 Å². The van der Waals surface area contributed by atoms with Crippen LogP contribution in [0.3, 0.4) is 0 Å². The smallest absolute Gasteiger partial charge is 0.375 e. The number of aliphatic carboxylic acids is 1. The number of ketones is 1. The third-order valence-corrected chi connectivity index (χ3v) is 3.56. The van der Waals surface area contributed by atoms with Crippen LogP contribution in [0, 0.1) is 5.41 Å². The minimum absolute atomic E-state index is 0.0836. The summed E-state index contributed by atoms with van der Waals surface area (Å²) in [6, 6.07) is 5.44. The Morgan fingerprint density at radius 3 is 2.86 bits per heavy atom. The molecule has 0 fully saturated rings. The molecule has 0 unspecified atom stereocenters. The molecule has 5 heteroatoms. The van der Waals surface area contributed by atoms with E-state index in [4.69, 9.17) is 15.3 Å². The maximum atomic E-state index is 11.9. The number of carbonyl (C=O) groups excluding carboxylic acids is 1. The van der Waals surface area contributed by atoms with Crippen LogP contribution in [0.25, 0.3) is 0 Å². The van der Waals surface area contributed by atoms with Gasteiger partial charge in [0.1, 0.15) is 0 Å². The second-order valence-corrected chi connectivity index (χ2v) is 5.00. The number of nitrogens with one attached hydrogen (secondary N) is 1. The van der Waals surface area contributed by atoms with Crippen molar-refractivity contribution in [3.8, 4) is 0 Å². The Balaban J connectivity index is 1.80. The predicted octanol–water partition coefficient (Wildman–Crippen LogP) is 2.46. The highest BCUT2D eigenvalue weighted by Gasteiger charge is 2.29. The van der Waals surface area contributed by atoms with Gasteiger partial charge in [0.25, 0.3) is 5.76 Å². The highest BCUT2D eigenvalue weighted by molar-refractivity contribution is 6.09. The number of carboxylic acid groups (broad SMARTS) is 1. The Hall–Kier alpha value is -2.69. The van der Waals surface area contributed by atoms with Gasteiger partial charge < -0.3 is 15.3 Å². The molecule has 0 bridgehead atoms. The summed E-state index contributed by atoms with van der Waals surface area (Å²) in [6.07, 6.45) is 5.26. The monoisotopic (exact) mass is 283 g/mol. The molecule has 21 heavy (non-hydrogen) atoms. The standard InChI is InChI=1S/C16H13NO4/c17-12(6-7-14-15(21-14)16(19)20)10-5-4-9-2-1-3-13(18)11(9)8-10/h4-8,17H,1-3H2,(H,19,20)/b7-6-,17-12?. The van der Waals surface area contributed by atoms with Gasteiger partial charge in [0.15, 0.2) is 11.5 Å². The van der Waals surface area contributed by atoms with Crippen molar-refractivity contribution in [1.82, 2.24) is 0 Å². The zero-order valence-electron chi connectivity index (χ0n) is 11.2. The van der Waals surface area contributed by atoms with E-state index in [0.29, 0.717) is 17.5 Å². The van der Waals surface area contributed by atoms with Crippen LogP contribution in [0.5, 0.6) is 0 Å². The van der Waals surface area contributed by atoms with Crippen LogP contribution in [0.15, 0.2) is 41.9 Å². The van der Waals surface area contributed by atoms with Crippen molar-refractivity contribution >= 4 is 17.5 Å². The van der Waals surface area contributed by atoms with Crippen molar-refractivity contribution in [3.05, 3.63) is 58.6 Å². The summed E-state index contributed by atoms with van der Waals surface area (Å²) in [4.78, 5) is 22.4. The molecular formula is C16H13NO4. The van der Waals surface area contributed by atoms with E-state index in [-0.39, 0.29) is 23.0 Å². The maximum absolute atomic E-state index is 11.9. The number of benzene rings is 1. The van der Waals surface area contributed by atoms with E-state index < -0.39 is 5.97 Å². The molecule has 0 amide bonds. The van der Waals surface area contributed by atoms with Crippen LogP contribution in [-0.4, -0.2) is 22.6 Å². The van der Waals surface area contributed by atoms with Gasteiger partial charge in [0.05, 0.1) is 5.71 Å². The van der Waals surface area contributed by atoms with Crippen molar-refractivity contribution in [2.75, 3.05) is 0 Å². The number of fused-ring (bicyclic) bond motifs is 1. The molecular weight excluding hydrogens is 270 g/mol. The number of hydrogen-bond donors (Lipinski definition) is 2. The first kappa shape index (κ1) is 13.3. The molecule has 1 aliphatic carbocycles. The SMILES string of the molecule is N=C(/C=C\C1=C(C(=O)O)O1)c1ccc2c(c1)C(=O)CCC2. The number of rotatable bonds is 4. The van der Waals surface area contributed by atoms with Crippen LogP contribution in [0.1, 0.15) is 34.3 Å². The molecule has 1 heterocycles. The summed E-state index contributed by atoms with van der Waals surface area (Å²) in [7, 11) is 0. The molecule has 5 nitrogen and oxygen atoms in total. The fourth-order valence-corrected chi connectivity index (χ4v) is 2.39. The summed E-state index contributed by atoms with van der Waals surface area (Å²) in [5, 5.41) is 16.6. The molecule has 3 rings (SSSR count). The number of hydrogen-bond acceptors (Lipinski definition) is 4. The number of aryl methyl sites for hydroxylation is 1. The average Bonchev–Trinajstić information content (AvgIpc) is 3.25. The molecule has 0 radical (unpaired) electrons. The molecule has 106 valence electrons. The van der Waals surface area contributed by atoms with Crippen LogP contribution in [-0.2, 0) is 16.0 Å². The van der Waals surface area contributed by atoms with Crippen molar-refractivity contribution in [3.63, 3.8) is 0 Å². The van der Waals surface area contributed by atoms with Crippen molar-refractivity contribution in [2.24, 2.45) is 0 Å². The molecule has 2 aliphatic rings. The highest BCUT2D eigenvalue weighted by Crippen LogP contribution is 2.27. The highest BCUT2D eigenvalue weighted by atomic mass is 16.6. The van der Waals surface area contributed by atoms with Crippen molar-refractivity contribution < 1.29 is 19.4 Å².